The predicted molar refractivity (Wildman–Crippen MR) is 61.1 cm³/mol. The van der Waals surface area contributed by atoms with Gasteiger partial charge in [0.2, 0.25) is 0 Å². The van der Waals surface area contributed by atoms with Crippen LogP contribution in [0.2, 0.25) is 0 Å². The number of nitrogens with zero attached hydrogens (tertiary/aromatic N) is 1. The molecule has 0 spiro atoms. The second-order valence-electron chi connectivity index (χ2n) is 3.66. The molecule has 0 aromatic carbocycles. The van der Waals surface area contributed by atoms with Crippen molar-refractivity contribution in [2.24, 2.45) is 10.9 Å². The molecular weight excluding hydrogens is 158 g/mol. The Bertz CT molecular complexity index is 209. The molecule has 0 rings (SSSR count). The zero-order valence-corrected chi connectivity index (χ0v) is 9.30. The van der Waals surface area contributed by atoms with Crippen molar-refractivity contribution in [2.45, 2.75) is 40.5 Å². The van der Waals surface area contributed by atoms with E-state index in [1.54, 1.807) is 0 Å². The van der Waals surface area contributed by atoms with Gasteiger partial charge in [-0.2, -0.15) is 0 Å². The van der Waals surface area contributed by atoms with Crippen molar-refractivity contribution in [3.63, 3.8) is 0 Å². The van der Waals surface area contributed by atoms with Crippen LogP contribution < -0.4 is 0 Å². The van der Waals surface area contributed by atoms with E-state index < -0.39 is 0 Å². The minimum atomic E-state index is 0.512. The lowest BCUT2D eigenvalue weighted by Crippen LogP contribution is -1.89. The van der Waals surface area contributed by atoms with E-state index >= 15 is 0 Å². The zero-order chi connectivity index (χ0) is 10.3. The summed E-state index contributed by atoms with van der Waals surface area (Å²) in [4.78, 5) is 4.31. The van der Waals surface area contributed by atoms with Crippen LogP contribution in [0.25, 0.3) is 0 Å². The van der Waals surface area contributed by atoms with Gasteiger partial charge in [-0.25, -0.2) is 0 Å². The van der Waals surface area contributed by atoms with E-state index in [9.17, 15) is 0 Å². The Balaban J connectivity index is 3.99. The van der Waals surface area contributed by atoms with Crippen LogP contribution in [0, 0.1) is 5.92 Å². The van der Waals surface area contributed by atoms with Crippen molar-refractivity contribution in [1.82, 2.24) is 0 Å². The van der Waals surface area contributed by atoms with Gasteiger partial charge in [0.05, 0.1) is 0 Å². The third kappa shape index (κ3) is 6.32. The summed E-state index contributed by atoms with van der Waals surface area (Å²) in [5, 5.41) is 0. The van der Waals surface area contributed by atoms with E-state index in [-0.39, 0.29) is 0 Å². The van der Waals surface area contributed by atoms with Crippen LogP contribution in [0.3, 0.4) is 0 Å². The molecule has 0 radical (unpaired) electrons. The lowest BCUT2D eigenvalue weighted by Gasteiger charge is -2.01. The number of hydrogen-bond donors (Lipinski definition) is 0. The van der Waals surface area contributed by atoms with Gasteiger partial charge in [0, 0.05) is 11.9 Å². The minimum absolute atomic E-state index is 0.512. The van der Waals surface area contributed by atoms with E-state index in [0.717, 1.165) is 18.4 Å². The SMILES string of the molecule is C=C(/C=C\N=C(C)CCC)C(C)C. The summed E-state index contributed by atoms with van der Waals surface area (Å²) >= 11 is 0. The molecule has 0 aromatic rings. The highest BCUT2D eigenvalue weighted by Gasteiger charge is 1.93. The number of rotatable bonds is 5. The fourth-order valence-corrected chi connectivity index (χ4v) is 0.879. The molecule has 0 aliphatic heterocycles. The fraction of sp³-hybridized carbons (Fsp3) is 0.583. The van der Waals surface area contributed by atoms with Gasteiger partial charge >= 0.3 is 0 Å². The standard InChI is InChI=1S/C12H21N/c1-6-7-12(5)13-9-8-11(4)10(2)3/h8-10H,4,6-7H2,1-3,5H3/b9-8-,13-12?. The Morgan fingerprint density at radius 3 is 2.54 bits per heavy atom. The first-order chi connectivity index (χ1) is 6.07. The predicted octanol–water partition coefficient (Wildman–Crippen LogP) is 3.97. The molecule has 0 unspecified atom stereocenters. The number of aliphatic imine (C=N–C) groups is 1. The molecular formula is C12H21N. The maximum absolute atomic E-state index is 4.31. The van der Waals surface area contributed by atoms with Crippen molar-refractivity contribution in [3.05, 3.63) is 24.4 Å². The summed E-state index contributed by atoms with van der Waals surface area (Å²) in [6.45, 7) is 12.4. The van der Waals surface area contributed by atoms with Crippen LogP contribution in [0.4, 0.5) is 0 Å². The van der Waals surface area contributed by atoms with Crippen molar-refractivity contribution in [3.8, 4) is 0 Å². The Morgan fingerprint density at radius 2 is 2.08 bits per heavy atom. The highest BCUT2D eigenvalue weighted by molar-refractivity contribution is 5.82. The molecule has 0 fully saturated rings. The van der Waals surface area contributed by atoms with E-state index in [2.05, 4.69) is 39.3 Å². The average Bonchev–Trinajstić information content (AvgIpc) is 2.04. The molecule has 0 bridgehead atoms. The lowest BCUT2D eigenvalue weighted by molar-refractivity contribution is 0.795. The maximum atomic E-state index is 4.31. The van der Waals surface area contributed by atoms with E-state index in [1.807, 2.05) is 12.3 Å². The van der Waals surface area contributed by atoms with E-state index in [1.165, 1.54) is 5.71 Å². The highest BCUT2D eigenvalue weighted by Crippen LogP contribution is 2.07. The van der Waals surface area contributed by atoms with Gasteiger partial charge in [0.1, 0.15) is 0 Å². The molecule has 13 heavy (non-hydrogen) atoms. The van der Waals surface area contributed by atoms with Crippen LogP contribution in [-0.2, 0) is 0 Å². The van der Waals surface area contributed by atoms with E-state index in [0.29, 0.717) is 5.92 Å². The molecule has 0 atom stereocenters. The van der Waals surface area contributed by atoms with Gasteiger partial charge in [-0.05, 0) is 25.3 Å². The van der Waals surface area contributed by atoms with Crippen molar-refractivity contribution >= 4 is 5.71 Å². The van der Waals surface area contributed by atoms with Crippen LogP contribution in [0.1, 0.15) is 40.5 Å². The summed E-state index contributed by atoms with van der Waals surface area (Å²) in [6.07, 6.45) is 6.09. The Kier molecular flexibility index (Phi) is 6.21. The van der Waals surface area contributed by atoms with Gasteiger partial charge < -0.3 is 0 Å². The van der Waals surface area contributed by atoms with Crippen LogP contribution >= 0.6 is 0 Å². The molecule has 0 aromatic heterocycles. The van der Waals surface area contributed by atoms with Crippen LogP contribution in [-0.4, -0.2) is 5.71 Å². The minimum Gasteiger partial charge on any atom is -0.266 e. The molecule has 0 heterocycles. The van der Waals surface area contributed by atoms with E-state index in [4.69, 9.17) is 0 Å². The van der Waals surface area contributed by atoms with Crippen molar-refractivity contribution < 1.29 is 0 Å². The summed E-state index contributed by atoms with van der Waals surface area (Å²) < 4.78 is 0. The highest BCUT2D eigenvalue weighted by atomic mass is 14.7. The normalized spacial score (nSPS) is 12.8. The molecule has 0 saturated heterocycles. The third-order valence-corrected chi connectivity index (χ3v) is 1.94. The molecule has 0 aliphatic carbocycles. The third-order valence-electron chi connectivity index (χ3n) is 1.94. The quantitative estimate of drug-likeness (QED) is 0.447. The second-order valence-corrected chi connectivity index (χ2v) is 3.66. The fourth-order valence-electron chi connectivity index (χ4n) is 0.879. The van der Waals surface area contributed by atoms with Gasteiger partial charge in [0.15, 0.2) is 0 Å². The topological polar surface area (TPSA) is 12.4 Å². The monoisotopic (exact) mass is 179 g/mol. The summed E-state index contributed by atoms with van der Waals surface area (Å²) in [7, 11) is 0. The lowest BCUT2D eigenvalue weighted by atomic mass is 10.1. The molecule has 0 N–H and O–H groups in total. The second kappa shape index (κ2) is 6.64. The van der Waals surface area contributed by atoms with Gasteiger partial charge in [-0.1, -0.05) is 39.3 Å². The van der Waals surface area contributed by atoms with Gasteiger partial charge in [0.25, 0.3) is 0 Å². The molecule has 0 saturated carbocycles. The number of allylic oxidation sites excluding steroid dienone is 2. The van der Waals surface area contributed by atoms with Crippen LogP contribution in [0.5, 0.6) is 0 Å². The first kappa shape index (κ1) is 12.2. The summed E-state index contributed by atoms with van der Waals surface area (Å²) in [5.74, 6) is 0.512. The molecule has 0 amide bonds. The van der Waals surface area contributed by atoms with Crippen molar-refractivity contribution in [2.75, 3.05) is 0 Å². The Hall–Kier alpha value is -0.850. The Morgan fingerprint density at radius 1 is 1.46 bits per heavy atom. The van der Waals surface area contributed by atoms with Crippen LogP contribution in [0.15, 0.2) is 29.4 Å². The first-order valence-electron chi connectivity index (χ1n) is 4.96. The largest absolute Gasteiger partial charge is 0.266 e. The Labute approximate surface area is 82.3 Å². The first-order valence-corrected chi connectivity index (χ1v) is 4.96. The van der Waals surface area contributed by atoms with Gasteiger partial charge in [-0.3, -0.25) is 4.99 Å². The summed E-state index contributed by atoms with van der Waals surface area (Å²) in [6, 6.07) is 0. The molecule has 1 nitrogen and oxygen atoms in total. The van der Waals surface area contributed by atoms with Gasteiger partial charge in [-0.15, -0.1) is 0 Å². The number of hydrogen-bond acceptors (Lipinski definition) is 1. The van der Waals surface area contributed by atoms with Crippen molar-refractivity contribution in [1.29, 1.82) is 0 Å². The smallest absolute Gasteiger partial charge is 0.0269 e. The summed E-state index contributed by atoms with van der Waals surface area (Å²) in [5.41, 5.74) is 2.32. The zero-order valence-electron chi connectivity index (χ0n) is 9.30. The molecule has 0 aliphatic rings. The molecule has 74 valence electrons. The average molecular weight is 179 g/mol. The maximum Gasteiger partial charge on any atom is 0.0269 e. The molecule has 1 heteroatoms.